The van der Waals surface area contributed by atoms with Gasteiger partial charge in [-0.3, -0.25) is 0 Å². The van der Waals surface area contributed by atoms with Gasteiger partial charge in [0.15, 0.2) is 5.11 Å². The molecule has 0 radical (unpaired) electrons. The van der Waals surface area contributed by atoms with Crippen LogP contribution in [0, 0.1) is 18.8 Å². The Hall–Kier alpha value is -2.41. The van der Waals surface area contributed by atoms with Crippen LogP contribution in [0.15, 0.2) is 30.3 Å². The summed E-state index contributed by atoms with van der Waals surface area (Å²) in [5, 5.41) is 7.00. The van der Waals surface area contributed by atoms with Gasteiger partial charge in [0.05, 0.1) is 0 Å². The molecule has 2 aromatic rings. The Kier molecular flexibility index (Phi) is 6.90. The third kappa shape index (κ3) is 5.85. The first-order valence-corrected chi connectivity index (χ1v) is 11.9. The molecule has 6 nitrogen and oxygen atoms in total. The highest BCUT2D eigenvalue weighted by molar-refractivity contribution is 7.80. The lowest BCUT2D eigenvalue weighted by molar-refractivity contribution is 0.355. The first kappa shape index (κ1) is 21.8. The summed E-state index contributed by atoms with van der Waals surface area (Å²) in [6.45, 7) is 11.7. The highest BCUT2D eigenvalue weighted by Crippen LogP contribution is 2.26. The Bertz CT molecular complexity index is 883. The molecule has 2 aliphatic rings. The predicted molar refractivity (Wildman–Crippen MR) is 133 cm³/mol. The van der Waals surface area contributed by atoms with Gasteiger partial charge in [-0.25, -0.2) is 4.98 Å². The van der Waals surface area contributed by atoms with Crippen molar-refractivity contribution in [1.82, 2.24) is 15.3 Å². The first-order chi connectivity index (χ1) is 15.0. The minimum absolute atomic E-state index is 0.542. The summed E-state index contributed by atoms with van der Waals surface area (Å²) in [5.41, 5.74) is 3.46. The van der Waals surface area contributed by atoms with Crippen molar-refractivity contribution < 1.29 is 0 Å². The van der Waals surface area contributed by atoms with Gasteiger partial charge < -0.3 is 20.4 Å². The predicted octanol–water partition coefficient (Wildman–Crippen LogP) is 4.35. The fraction of sp³-hybridized carbons (Fsp3) is 0.542. The molecule has 31 heavy (non-hydrogen) atoms. The Morgan fingerprint density at radius 1 is 1.03 bits per heavy atom. The number of piperidine rings is 1. The largest absolute Gasteiger partial charge is 0.372 e. The molecule has 2 aliphatic heterocycles. The lowest BCUT2D eigenvalue weighted by Crippen LogP contribution is -2.39. The summed E-state index contributed by atoms with van der Waals surface area (Å²) in [5.74, 6) is 2.89. The molecule has 0 unspecified atom stereocenters. The molecule has 1 aromatic heterocycles. The van der Waals surface area contributed by atoms with Crippen LogP contribution in [0.1, 0.15) is 44.4 Å². The maximum Gasteiger partial charge on any atom is 0.231 e. The molecule has 166 valence electrons. The Balaban J connectivity index is 1.33. The third-order valence-corrected chi connectivity index (χ3v) is 6.37. The van der Waals surface area contributed by atoms with Crippen LogP contribution in [-0.4, -0.2) is 41.3 Å². The second-order valence-electron chi connectivity index (χ2n) is 9.21. The number of aromatic nitrogens is 2. The number of hydrogen-bond donors (Lipinski definition) is 2. The summed E-state index contributed by atoms with van der Waals surface area (Å²) >= 11 is 5.50. The number of nitrogens with zero attached hydrogens (tertiary/aromatic N) is 4. The average Bonchev–Trinajstić information content (AvgIpc) is 3.26. The quantitative estimate of drug-likeness (QED) is 0.673. The standard InChI is InChI=1S/C24H34N6S/c1-17-12-18(2)16-30(15-17)22-13-19(3)26-23(27-22)28-24(31)25-14-20-6-8-21(9-7-20)29-10-4-5-11-29/h6-9,13,17-18H,4-5,10-12,14-16H2,1-3H3,(H2,25,26,27,28,31)/t17-,18-/m0/s1. The lowest BCUT2D eigenvalue weighted by Gasteiger charge is -2.36. The SMILES string of the molecule is Cc1cc(N2C[C@@H](C)C[C@H](C)C2)nc(NC(=S)NCc2ccc(N3CCCC3)cc2)n1. The Morgan fingerprint density at radius 2 is 1.71 bits per heavy atom. The number of nitrogens with one attached hydrogen (secondary N) is 2. The number of benzene rings is 1. The van der Waals surface area contributed by atoms with Crippen molar-refractivity contribution in [1.29, 1.82) is 0 Å². The minimum Gasteiger partial charge on any atom is -0.372 e. The van der Waals surface area contributed by atoms with Crippen LogP contribution in [0.2, 0.25) is 0 Å². The van der Waals surface area contributed by atoms with E-state index < -0.39 is 0 Å². The van der Waals surface area contributed by atoms with Crippen LogP contribution in [0.3, 0.4) is 0 Å². The van der Waals surface area contributed by atoms with E-state index in [0.717, 1.165) is 24.6 Å². The second kappa shape index (κ2) is 9.81. The van der Waals surface area contributed by atoms with Crippen molar-refractivity contribution >= 4 is 34.8 Å². The van der Waals surface area contributed by atoms with E-state index in [1.807, 2.05) is 6.92 Å². The molecule has 0 amide bonds. The molecule has 0 spiro atoms. The van der Waals surface area contributed by atoms with Crippen molar-refractivity contribution in [2.24, 2.45) is 11.8 Å². The highest BCUT2D eigenvalue weighted by Gasteiger charge is 2.23. The van der Waals surface area contributed by atoms with E-state index >= 15 is 0 Å². The fourth-order valence-corrected chi connectivity index (χ4v) is 4.91. The monoisotopic (exact) mass is 438 g/mol. The molecule has 0 aliphatic carbocycles. The number of anilines is 3. The van der Waals surface area contributed by atoms with Gasteiger partial charge in [-0.1, -0.05) is 26.0 Å². The van der Waals surface area contributed by atoms with Gasteiger partial charge >= 0.3 is 0 Å². The van der Waals surface area contributed by atoms with E-state index in [-0.39, 0.29) is 0 Å². The van der Waals surface area contributed by atoms with Gasteiger partial charge in [-0.05, 0) is 67.9 Å². The van der Waals surface area contributed by atoms with Crippen LogP contribution in [-0.2, 0) is 6.54 Å². The van der Waals surface area contributed by atoms with Gasteiger partial charge in [0, 0.05) is 50.2 Å². The van der Waals surface area contributed by atoms with Crippen LogP contribution >= 0.6 is 12.2 Å². The van der Waals surface area contributed by atoms with Crippen LogP contribution in [0.25, 0.3) is 0 Å². The molecule has 2 atom stereocenters. The maximum atomic E-state index is 5.50. The van der Waals surface area contributed by atoms with E-state index in [9.17, 15) is 0 Å². The zero-order valence-corrected chi connectivity index (χ0v) is 19.7. The number of hydrogen-bond acceptors (Lipinski definition) is 5. The summed E-state index contributed by atoms with van der Waals surface area (Å²) in [4.78, 5) is 14.1. The number of aryl methyl sites for hydroxylation is 1. The Morgan fingerprint density at radius 3 is 2.39 bits per heavy atom. The summed E-state index contributed by atoms with van der Waals surface area (Å²) < 4.78 is 0. The van der Waals surface area contributed by atoms with Crippen molar-refractivity contribution in [2.75, 3.05) is 41.3 Å². The van der Waals surface area contributed by atoms with Gasteiger partial charge in [0.1, 0.15) is 5.82 Å². The van der Waals surface area contributed by atoms with Crippen molar-refractivity contribution in [3.63, 3.8) is 0 Å². The molecule has 0 bridgehead atoms. The van der Waals surface area contributed by atoms with E-state index in [2.05, 4.69) is 69.6 Å². The molecule has 3 heterocycles. The Labute approximate surface area is 191 Å². The molecule has 4 rings (SSSR count). The molecule has 7 heteroatoms. The number of thiocarbonyl (C=S) groups is 1. The molecule has 2 fully saturated rings. The van der Waals surface area contributed by atoms with Crippen LogP contribution in [0.4, 0.5) is 17.5 Å². The normalized spacial score (nSPS) is 21.3. The summed E-state index contributed by atoms with van der Waals surface area (Å²) in [7, 11) is 0. The van der Waals surface area contributed by atoms with Gasteiger partial charge in [-0.15, -0.1) is 0 Å². The van der Waals surface area contributed by atoms with E-state index in [4.69, 9.17) is 17.2 Å². The average molecular weight is 439 g/mol. The first-order valence-electron chi connectivity index (χ1n) is 11.5. The van der Waals surface area contributed by atoms with Gasteiger partial charge in [-0.2, -0.15) is 4.98 Å². The van der Waals surface area contributed by atoms with E-state index in [1.165, 1.54) is 43.6 Å². The lowest BCUT2D eigenvalue weighted by atomic mass is 9.92. The summed E-state index contributed by atoms with van der Waals surface area (Å²) in [6, 6.07) is 10.8. The molecule has 1 aromatic carbocycles. The zero-order chi connectivity index (χ0) is 21.8. The van der Waals surface area contributed by atoms with Crippen molar-refractivity contribution in [3.05, 3.63) is 41.6 Å². The van der Waals surface area contributed by atoms with Crippen LogP contribution in [0.5, 0.6) is 0 Å². The maximum absolute atomic E-state index is 5.50. The third-order valence-electron chi connectivity index (χ3n) is 6.12. The van der Waals surface area contributed by atoms with Gasteiger partial charge in [0.25, 0.3) is 0 Å². The second-order valence-corrected chi connectivity index (χ2v) is 9.62. The topological polar surface area (TPSA) is 56.3 Å². The van der Waals surface area contributed by atoms with Crippen LogP contribution < -0.4 is 20.4 Å². The zero-order valence-electron chi connectivity index (χ0n) is 18.9. The van der Waals surface area contributed by atoms with Crippen molar-refractivity contribution in [3.8, 4) is 0 Å². The van der Waals surface area contributed by atoms with E-state index in [0.29, 0.717) is 29.4 Å². The molecular weight excluding hydrogens is 404 g/mol. The molecule has 0 saturated carbocycles. The highest BCUT2D eigenvalue weighted by atomic mass is 32.1. The summed E-state index contributed by atoms with van der Waals surface area (Å²) in [6.07, 6.45) is 3.86. The fourth-order valence-electron chi connectivity index (χ4n) is 4.75. The van der Waals surface area contributed by atoms with Gasteiger partial charge in [0.2, 0.25) is 5.95 Å². The number of rotatable bonds is 5. The minimum atomic E-state index is 0.542. The van der Waals surface area contributed by atoms with Crippen molar-refractivity contribution in [2.45, 2.75) is 46.6 Å². The molecule has 2 saturated heterocycles. The smallest absolute Gasteiger partial charge is 0.231 e. The molecule has 2 N–H and O–H groups in total. The van der Waals surface area contributed by atoms with E-state index in [1.54, 1.807) is 0 Å². The molecular formula is C24H34N6S.